The molecule has 0 heterocycles. The Morgan fingerprint density at radius 2 is 2.00 bits per heavy atom. The minimum Gasteiger partial charge on any atom is -0.330 e. The van der Waals surface area contributed by atoms with Crippen molar-refractivity contribution in [2.24, 2.45) is 5.73 Å². The first kappa shape index (κ1) is 10.9. The molecule has 0 amide bonds. The maximum absolute atomic E-state index is 13.8. The van der Waals surface area contributed by atoms with E-state index in [1.807, 2.05) is 13.0 Å². The molecule has 1 saturated carbocycles. The molecule has 1 aliphatic carbocycles. The average molecular weight is 228 g/mol. The minimum absolute atomic E-state index is 0.00225. The third kappa shape index (κ3) is 1.56. The fourth-order valence-electron chi connectivity index (χ4n) is 2.13. The van der Waals surface area contributed by atoms with E-state index in [0.717, 1.165) is 18.4 Å². The van der Waals surface area contributed by atoms with Crippen LogP contribution in [0, 0.1) is 19.7 Å². The second-order valence-corrected chi connectivity index (χ2v) is 4.86. The second-order valence-electron chi connectivity index (χ2n) is 4.45. The Bertz CT molecular complexity index is 411. The topological polar surface area (TPSA) is 26.0 Å². The molecule has 0 aliphatic heterocycles. The zero-order chi connectivity index (χ0) is 11.2. The summed E-state index contributed by atoms with van der Waals surface area (Å²) in [5, 5.41) is 0.507. The van der Waals surface area contributed by atoms with Crippen molar-refractivity contribution in [3.63, 3.8) is 0 Å². The first-order valence-electron chi connectivity index (χ1n) is 5.17. The summed E-state index contributed by atoms with van der Waals surface area (Å²) in [5.74, 6) is -0.183. The van der Waals surface area contributed by atoms with Gasteiger partial charge in [0.05, 0.1) is 0 Å². The third-order valence-corrected chi connectivity index (χ3v) is 3.90. The minimum atomic E-state index is -0.183. The van der Waals surface area contributed by atoms with E-state index in [2.05, 4.69) is 0 Å². The van der Waals surface area contributed by atoms with Crippen LogP contribution in [0.3, 0.4) is 0 Å². The number of rotatable bonds is 2. The van der Waals surface area contributed by atoms with Gasteiger partial charge in [0.2, 0.25) is 0 Å². The Hall–Kier alpha value is -0.600. The number of benzene rings is 1. The fraction of sp³-hybridized carbons (Fsp3) is 0.500. The highest BCUT2D eigenvalue weighted by atomic mass is 35.5. The molecular weight excluding hydrogens is 213 g/mol. The van der Waals surface area contributed by atoms with Gasteiger partial charge in [-0.05, 0) is 43.9 Å². The smallest absolute Gasteiger partial charge is 0.130 e. The van der Waals surface area contributed by atoms with Gasteiger partial charge in [-0.15, -0.1) is 0 Å². The van der Waals surface area contributed by atoms with E-state index in [-0.39, 0.29) is 11.2 Å². The van der Waals surface area contributed by atoms with Crippen LogP contribution in [0.4, 0.5) is 4.39 Å². The highest BCUT2D eigenvalue weighted by Gasteiger charge is 2.44. The van der Waals surface area contributed by atoms with Crippen molar-refractivity contribution in [2.75, 3.05) is 6.54 Å². The lowest BCUT2D eigenvalue weighted by Gasteiger charge is -2.18. The molecule has 1 aromatic rings. The average Bonchev–Trinajstić information content (AvgIpc) is 3.01. The summed E-state index contributed by atoms with van der Waals surface area (Å²) >= 11 is 6.00. The lowest BCUT2D eigenvalue weighted by molar-refractivity contribution is 0.596. The van der Waals surface area contributed by atoms with Crippen LogP contribution in [0.15, 0.2) is 6.07 Å². The molecule has 0 spiro atoms. The largest absolute Gasteiger partial charge is 0.330 e. The van der Waals surface area contributed by atoms with Crippen molar-refractivity contribution >= 4 is 11.6 Å². The van der Waals surface area contributed by atoms with Gasteiger partial charge in [-0.1, -0.05) is 11.6 Å². The molecule has 0 aromatic heterocycles. The van der Waals surface area contributed by atoms with Gasteiger partial charge in [-0.2, -0.15) is 0 Å². The number of hydrogen-bond acceptors (Lipinski definition) is 1. The first-order valence-corrected chi connectivity index (χ1v) is 5.55. The molecule has 0 unspecified atom stereocenters. The molecule has 2 N–H and O–H groups in total. The van der Waals surface area contributed by atoms with Crippen molar-refractivity contribution in [3.8, 4) is 0 Å². The predicted molar refractivity (Wildman–Crippen MR) is 60.9 cm³/mol. The SMILES string of the molecule is Cc1c(Cl)cc(C2(CN)CC2)c(C)c1F. The maximum Gasteiger partial charge on any atom is 0.130 e. The molecule has 0 radical (unpaired) electrons. The van der Waals surface area contributed by atoms with Crippen LogP contribution < -0.4 is 5.73 Å². The van der Waals surface area contributed by atoms with Gasteiger partial charge >= 0.3 is 0 Å². The van der Waals surface area contributed by atoms with Crippen molar-refractivity contribution < 1.29 is 4.39 Å². The molecule has 3 heteroatoms. The van der Waals surface area contributed by atoms with Gasteiger partial charge < -0.3 is 5.73 Å². The molecule has 0 saturated heterocycles. The molecular formula is C12H15ClFN. The Labute approximate surface area is 94.4 Å². The van der Waals surface area contributed by atoms with Gasteiger partial charge in [0, 0.05) is 22.5 Å². The summed E-state index contributed by atoms with van der Waals surface area (Å²) in [5.41, 5.74) is 7.98. The molecule has 1 nitrogen and oxygen atoms in total. The third-order valence-electron chi connectivity index (χ3n) is 3.51. The summed E-state index contributed by atoms with van der Waals surface area (Å²) in [4.78, 5) is 0. The van der Waals surface area contributed by atoms with E-state index in [1.54, 1.807) is 6.92 Å². The van der Waals surface area contributed by atoms with Crippen molar-refractivity contribution in [3.05, 3.63) is 33.6 Å². The Morgan fingerprint density at radius 3 is 2.47 bits per heavy atom. The van der Waals surface area contributed by atoms with Gasteiger partial charge in [0.15, 0.2) is 0 Å². The van der Waals surface area contributed by atoms with E-state index in [4.69, 9.17) is 17.3 Å². The fourth-order valence-corrected chi connectivity index (χ4v) is 2.32. The number of halogens is 2. The van der Waals surface area contributed by atoms with Crippen LogP contribution >= 0.6 is 11.6 Å². The van der Waals surface area contributed by atoms with Crippen LogP contribution in [0.5, 0.6) is 0 Å². The van der Waals surface area contributed by atoms with Gasteiger partial charge in [0.1, 0.15) is 5.82 Å². The van der Waals surface area contributed by atoms with Crippen LogP contribution in [0.25, 0.3) is 0 Å². The molecule has 1 aromatic carbocycles. The lowest BCUT2D eigenvalue weighted by atomic mass is 9.90. The molecule has 1 aliphatic rings. The van der Waals surface area contributed by atoms with Crippen molar-refractivity contribution in [2.45, 2.75) is 32.1 Å². The monoisotopic (exact) mass is 227 g/mol. The van der Waals surface area contributed by atoms with Crippen molar-refractivity contribution in [1.29, 1.82) is 0 Å². The predicted octanol–water partition coefficient (Wildman–Crippen LogP) is 3.09. The lowest BCUT2D eigenvalue weighted by Crippen LogP contribution is -2.21. The zero-order valence-electron chi connectivity index (χ0n) is 9.03. The second kappa shape index (κ2) is 3.46. The van der Waals surface area contributed by atoms with E-state index < -0.39 is 0 Å². The van der Waals surface area contributed by atoms with Crippen LogP contribution in [0.1, 0.15) is 29.5 Å². The number of nitrogens with two attached hydrogens (primary N) is 1. The molecule has 2 rings (SSSR count). The summed E-state index contributed by atoms with van der Waals surface area (Å²) in [7, 11) is 0. The summed E-state index contributed by atoms with van der Waals surface area (Å²) in [6, 6.07) is 1.88. The molecule has 0 bridgehead atoms. The molecule has 82 valence electrons. The van der Waals surface area contributed by atoms with Crippen LogP contribution in [0.2, 0.25) is 5.02 Å². The Morgan fingerprint density at radius 1 is 1.40 bits per heavy atom. The zero-order valence-corrected chi connectivity index (χ0v) is 9.79. The normalized spacial score (nSPS) is 17.9. The van der Waals surface area contributed by atoms with Crippen LogP contribution in [-0.2, 0) is 5.41 Å². The van der Waals surface area contributed by atoms with E-state index in [0.29, 0.717) is 22.7 Å². The van der Waals surface area contributed by atoms with E-state index in [9.17, 15) is 4.39 Å². The van der Waals surface area contributed by atoms with Gasteiger partial charge in [0.25, 0.3) is 0 Å². The van der Waals surface area contributed by atoms with Gasteiger partial charge in [-0.3, -0.25) is 0 Å². The van der Waals surface area contributed by atoms with Crippen molar-refractivity contribution in [1.82, 2.24) is 0 Å². The highest BCUT2D eigenvalue weighted by Crippen LogP contribution is 2.49. The van der Waals surface area contributed by atoms with Gasteiger partial charge in [-0.25, -0.2) is 4.39 Å². The maximum atomic E-state index is 13.8. The van der Waals surface area contributed by atoms with E-state index >= 15 is 0 Å². The van der Waals surface area contributed by atoms with Crippen LogP contribution in [-0.4, -0.2) is 6.54 Å². The standard InChI is InChI=1S/C12H15ClFN/c1-7-9(12(6-15)3-4-12)5-10(13)8(2)11(7)14/h5H,3-4,6,15H2,1-2H3. The van der Waals surface area contributed by atoms with E-state index in [1.165, 1.54) is 0 Å². The molecule has 1 fully saturated rings. The summed E-state index contributed by atoms with van der Waals surface area (Å²) in [6.45, 7) is 4.09. The summed E-state index contributed by atoms with van der Waals surface area (Å²) < 4.78 is 13.8. The highest BCUT2D eigenvalue weighted by molar-refractivity contribution is 6.31. The molecule has 15 heavy (non-hydrogen) atoms. The number of hydrogen-bond donors (Lipinski definition) is 1. The quantitative estimate of drug-likeness (QED) is 0.826. The first-order chi connectivity index (χ1) is 7.02. The summed E-state index contributed by atoms with van der Waals surface area (Å²) in [6.07, 6.45) is 2.09. The Kier molecular flexibility index (Phi) is 2.52. The molecule has 0 atom stereocenters. The Balaban J connectivity index is 2.58.